The zero-order chi connectivity index (χ0) is 16.1. The first-order chi connectivity index (χ1) is 11.3. The van der Waals surface area contributed by atoms with Crippen LogP contribution in [0.5, 0.6) is 5.75 Å². The number of methoxy groups -OCH3 is 1. The van der Waals surface area contributed by atoms with Crippen molar-refractivity contribution in [2.24, 2.45) is 0 Å². The highest BCUT2D eigenvalue weighted by Gasteiger charge is 2.24. The first kappa shape index (κ1) is 16.1. The van der Waals surface area contributed by atoms with Crippen molar-refractivity contribution in [2.45, 2.75) is 51.1 Å². The predicted molar refractivity (Wildman–Crippen MR) is 94.8 cm³/mol. The summed E-state index contributed by atoms with van der Waals surface area (Å²) in [5.74, 6) is 0.937. The van der Waals surface area contributed by atoms with Gasteiger partial charge in [0.15, 0.2) is 0 Å². The van der Waals surface area contributed by atoms with Crippen LogP contribution in [-0.4, -0.2) is 13.2 Å². The summed E-state index contributed by atoms with van der Waals surface area (Å²) in [5, 5.41) is 2.58. The molecule has 0 heterocycles. The van der Waals surface area contributed by atoms with Gasteiger partial charge in [-0.25, -0.2) is 0 Å². The Labute approximate surface area is 139 Å². The molecule has 0 saturated carbocycles. The van der Waals surface area contributed by atoms with E-state index in [1.165, 1.54) is 31.2 Å². The molecule has 1 aliphatic carbocycles. The summed E-state index contributed by atoms with van der Waals surface area (Å²) in [6.07, 6.45) is 6.23. The Morgan fingerprint density at radius 3 is 2.70 bits per heavy atom. The van der Waals surface area contributed by atoms with E-state index in [2.05, 4.69) is 60.8 Å². The van der Waals surface area contributed by atoms with Crippen molar-refractivity contribution in [2.75, 3.05) is 7.11 Å². The van der Waals surface area contributed by atoms with E-state index in [1.807, 2.05) is 0 Å². The minimum atomic E-state index is 0.644. The van der Waals surface area contributed by atoms with Gasteiger partial charge in [-0.15, -0.1) is 0 Å². The fraction of sp³-hybridized carbons (Fsp3) is 0.429. The Hall–Kier alpha value is -1.80. The second-order valence-electron chi connectivity index (χ2n) is 6.75. The van der Waals surface area contributed by atoms with Crippen LogP contribution in [0, 0.1) is 0 Å². The Morgan fingerprint density at radius 1 is 1.13 bits per heavy atom. The molecule has 2 atom stereocenters. The van der Waals surface area contributed by atoms with E-state index in [0.717, 1.165) is 12.2 Å². The van der Waals surface area contributed by atoms with Crippen LogP contribution in [0.25, 0.3) is 0 Å². The average Bonchev–Trinajstić information content (AvgIpc) is 2.61. The summed E-state index contributed by atoms with van der Waals surface area (Å²) in [4.78, 5) is 0. The summed E-state index contributed by atoms with van der Waals surface area (Å²) in [6.45, 7) is 2.36. The second-order valence-corrected chi connectivity index (χ2v) is 6.75. The molecule has 2 nitrogen and oxygen atoms in total. The van der Waals surface area contributed by atoms with E-state index in [1.54, 1.807) is 18.2 Å². The molecule has 2 aromatic carbocycles. The highest BCUT2D eigenvalue weighted by atomic mass is 16.5. The zero-order valence-electron chi connectivity index (χ0n) is 14.3. The number of quaternary nitrogens is 1. The van der Waals surface area contributed by atoms with Gasteiger partial charge in [0.2, 0.25) is 0 Å². The van der Waals surface area contributed by atoms with Gasteiger partial charge in [-0.2, -0.15) is 0 Å². The van der Waals surface area contributed by atoms with Crippen LogP contribution in [-0.2, 0) is 12.8 Å². The van der Waals surface area contributed by atoms with Gasteiger partial charge >= 0.3 is 0 Å². The third-order valence-electron chi connectivity index (χ3n) is 5.02. The van der Waals surface area contributed by atoms with Crippen molar-refractivity contribution < 1.29 is 10.1 Å². The van der Waals surface area contributed by atoms with E-state index in [4.69, 9.17) is 4.74 Å². The van der Waals surface area contributed by atoms with E-state index >= 15 is 0 Å². The first-order valence-electron chi connectivity index (χ1n) is 8.82. The van der Waals surface area contributed by atoms with Crippen molar-refractivity contribution in [1.82, 2.24) is 0 Å². The maximum atomic E-state index is 5.22. The molecule has 0 radical (unpaired) electrons. The zero-order valence-corrected chi connectivity index (χ0v) is 14.3. The molecule has 0 aliphatic heterocycles. The Balaban J connectivity index is 1.54. The summed E-state index contributed by atoms with van der Waals surface area (Å²) in [6, 6.07) is 18.8. The highest BCUT2D eigenvalue weighted by Crippen LogP contribution is 2.26. The molecular formula is C21H28NO+. The fourth-order valence-corrected chi connectivity index (χ4v) is 3.67. The number of rotatable bonds is 6. The average molecular weight is 310 g/mol. The molecule has 0 spiro atoms. The van der Waals surface area contributed by atoms with Crippen molar-refractivity contribution in [3.8, 4) is 5.75 Å². The summed E-state index contributed by atoms with van der Waals surface area (Å²) in [7, 11) is 1.72. The normalized spacial score (nSPS) is 18.3. The molecule has 0 bridgehead atoms. The molecule has 2 N–H and O–H groups in total. The van der Waals surface area contributed by atoms with E-state index < -0.39 is 0 Å². The number of ether oxygens (including phenoxy) is 1. The second kappa shape index (κ2) is 7.65. The van der Waals surface area contributed by atoms with Gasteiger partial charge < -0.3 is 10.1 Å². The first-order valence-corrected chi connectivity index (χ1v) is 8.82. The van der Waals surface area contributed by atoms with Crippen LogP contribution in [0.15, 0.2) is 48.5 Å². The quantitative estimate of drug-likeness (QED) is 0.866. The minimum absolute atomic E-state index is 0.644. The fourth-order valence-electron chi connectivity index (χ4n) is 3.67. The van der Waals surface area contributed by atoms with Crippen LogP contribution < -0.4 is 10.1 Å². The van der Waals surface area contributed by atoms with Gasteiger partial charge in [-0.3, -0.25) is 0 Å². The molecule has 2 heteroatoms. The van der Waals surface area contributed by atoms with Gasteiger partial charge in [0, 0.05) is 18.4 Å². The number of benzene rings is 2. The van der Waals surface area contributed by atoms with Crippen molar-refractivity contribution >= 4 is 0 Å². The smallest absolute Gasteiger partial charge is 0.118 e. The highest BCUT2D eigenvalue weighted by molar-refractivity contribution is 5.30. The standard InChI is InChI=1S/C21H27NO/c1-16(10-11-17-12-14-19(23-2)15-13-17)22-21-9-5-7-18-6-3-4-8-20(18)21/h3-4,6,8,12-16,21-22H,5,7,9-11H2,1-2H3/p+1/t16-,21-/m0/s1. The van der Waals surface area contributed by atoms with Crippen LogP contribution in [0.2, 0.25) is 0 Å². The lowest BCUT2D eigenvalue weighted by Gasteiger charge is -2.26. The number of nitrogens with two attached hydrogens (primary N) is 1. The summed E-state index contributed by atoms with van der Waals surface area (Å²) < 4.78 is 5.22. The number of hydrogen-bond acceptors (Lipinski definition) is 1. The maximum absolute atomic E-state index is 5.22. The molecule has 0 unspecified atom stereocenters. The molecular weight excluding hydrogens is 282 g/mol. The van der Waals surface area contributed by atoms with Crippen LogP contribution in [0.3, 0.4) is 0 Å². The van der Waals surface area contributed by atoms with Crippen molar-refractivity contribution in [3.63, 3.8) is 0 Å². The molecule has 122 valence electrons. The molecule has 23 heavy (non-hydrogen) atoms. The summed E-state index contributed by atoms with van der Waals surface area (Å²) in [5.41, 5.74) is 4.52. The van der Waals surface area contributed by atoms with Gasteiger partial charge in [0.1, 0.15) is 11.8 Å². The Kier molecular flexibility index (Phi) is 5.35. The third kappa shape index (κ3) is 4.14. The topological polar surface area (TPSA) is 25.8 Å². The van der Waals surface area contributed by atoms with Gasteiger partial charge in [-0.05, 0) is 49.4 Å². The minimum Gasteiger partial charge on any atom is -0.497 e. The molecule has 0 amide bonds. The lowest BCUT2D eigenvalue weighted by atomic mass is 9.87. The van der Waals surface area contributed by atoms with Gasteiger partial charge in [0.25, 0.3) is 0 Å². The maximum Gasteiger partial charge on any atom is 0.118 e. The lowest BCUT2D eigenvalue weighted by molar-refractivity contribution is -0.726. The van der Waals surface area contributed by atoms with Crippen LogP contribution in [0.4, 0.5) is 0 Å². The molecule has 3 rings (SSSR count). The Morgan fingerprint density at radius 2 is 1.91 bits per heavy atom. The molecule has 0 saturated heterocycles. The van der Waals surface area contributed by atoms with Crippen molar-refractivity contribution in [1.29, 1.82) is 0 Å². The van der Waals surface area contributed by atoms with E-state index in [0.29, 0.717) is 12.1 Å². The van der Waals surface area contributed by atoms with Crippen LogP contribution >= 0.6 is 0 Å². The van der Waals surface area contributed by atoms with E-state index in [9.17, 15) is 0 Å². The molecule has 2 aromatic rings. The lowest BCUT2D eigenvalue weighted by Crippen LogP contribution is -2.90. The van der Waals surface area contributed by atoms with Crippen LogP contribution in [0.1, 0.15) is 48.9 Å². The predicted octanol–water partition coefficient (Wildman–Crippen LogP) is 3.66. The monoisotopic (exact) mass is 310 g/mol. The third-order valence-corrected chi connectivity index (χ3v) is 5.02. The van der Waals surface area contributed by atoms with Crippen molar-refractivity contribution in [3.05, 3.63) is 65.2 Å². The van der Waals surface area contributed by atoms with Gasteiger partial charge in [0.05, 0.1) is 13.2 Å². The summed E-state index contributed by atoms with van der Waals surface area (Å²) >= 11 is 0. The molecule has 0 fully saturated rings. The molecule has 0 aromatic heterocycles. The number of fused-ring (bicyclic) bond motifs is 1. The Bertz CT molecular complexity index is 620. The largest absolute Gasteiger partial charge is 0.497 e. The number of aryl methyl sites for hydroxylation is 2. The SMILES string of the molecule is COc1ccc(CC[C@H](C)[NH2+][C@H]2CCCc3ccccc32)cc1. The number of hydrogen-bond donors (Lipinski definition) is 1. The van der Waals surface area contributed by atoms with E-state index in [-0.39, 0.29) is 0 Å². The molecule has 1 aliphatic rings. The van der Waals surface area contributed by atoms with Gasteiger partial charge in [-0.1, -0.05) is 36.4 Å².